The van der Waals surface area contributed by atoms with Gasteiger partial charge in [0, 0.05) is 25.2 Å². The van der Waals surface area contributed by atoms with Crippen LogP contribution in [0.2, 0.25) is 0 Å². The van der Waals surface area contributed by atoms with Gasteiger partial charge in [-0.2, -0.15) is 0 Å². The van der Waals surface area contributed by atoms with Crippen molar-refractivity contribution in [2.75, 3.05) is 38.8 Å². The average molecular weight is 292 g/mol. The van der Waals surface area contributed by atoms with Crippen molar-refractivity contribution in [3.8, 4) is 11.5 Å². The zero-order chi connectivity index (χ0) is 15.2. The lowest BCUT2D eigenvalue weighted by Crippen LogP contribution is -2.38. The molecule has 4 nitrogen and oxygen atoms in total. The maximum atomic E-state index is 5.56. The van der Waals surface area contributed by atoms with Crippen LogP contribution in [-0.2, 0) is 0 Å². The lowest BCUT2D eigenvalue weighted by Gasteiger charge is -2.28. The van der Waals surface area contributed by atoms with Gasteiger partial charge in [0.15, 0.2) is 0 Å². The van der Waals surface area contributed by atoms with Gasteiger partial charge in [0.25, 0.3) is 0 Å². The van der Waals surface area contributed by atoms with E-state index in [1.807, 2.05) is 12.1 Å². The standard InChI is InChI=1S/C17H28N2O2/c1-13(2)10-14-12-19(9-5-8-18-14)16-7-6-15(20-3)11-17(16)21-4/h6-7,11,13-14,18H,5,8-10,12H2,1-4H3. The molecule has 21 heavy (non-hydrogen) atoms. The number of nitrogens with zero attached hydrogens (tertiary/aromatic N) is 1. The van der Waals surface area contributed by atoms with Gasteiger partial charge in [-0.05, 0) is 37.4 Å². The Balaban J connectivity index is 2.18. The van der Waals surface area contributed by atoms with Gasteiger partial charge in [-0.15, -0.1) is 0 Å². The van der Waals surface area contributed by atoms with Crippen LogP contribution in [0.25, 0.3) is 0 Å². The molecule has 0 saturated carbocycles. The van der Waals surface area contributed by atoms with E-state index in [2.05, 4.69) is 30.1 Å². The predicted octanol–water partition coefficient (Wildman–Crippen LogP) is 2.92. The average Bonchev–Trinajstić information content (AvgIpc) is 2.71. The molecule has 1 saturated heterocycles. The summed E-state index contributed by atoms with van der Waals surface area (Å²) in [5.74, 6) is 2.43. The predicted molar refractivity (Wildman–Crippen MR) is 87.6 cm³/mol. The highest BCUT2D eigenvalue weighted by Crippen LogP contribution is 2.33. The van der Waals surface area contributed by atoms with Crippen LogP contribution in [0.1, 0.15) is 26.7 Å². The minimum Gasteiger partial charge on any atom is -0.497 e. The topological polar surface area (TPSA) is 33.7 Å². The van der Waals surface area contributed by atoms with Gasteiger partial charge in [-0.1, -0.05) is 13.8 Å². The SMILES string of the molecule is COc1ccc(N2CCCNC(CC(C)C)C2)c(OC)c1. The van der Waals surface area contributed by atoms with Gasteiger partial charge in [-0.3, -0.25) is 0 Å². The van der Waals surface area contributed by atoms with Crippen molar-refractivity contribution in [2.24, 2.45) is 5.92 Å². The first-order valence-corrected chi connectivity index (χ1v) is 7.84. The second-order valence-electron chi connectivity index (χ2n) is 6.12. The fourth-order valence-electron chi connectivity index (χ4n) is 2.99. The van der Waals surface area contributed by atoms with E-state index in [0.717, 1.165) is 43.2 Å². The summed E-state index contributed by atoms with van der Waals surface area (Å²) in [7, 11) is 3.41. The fourth-order valence-corrected chi connectivity index (χ4v) is 2.99. The summed E-state index contributed by atoms with van der Waals surface area (Å²) in [6.45, 7) is 7.74. The Morgan fingerprint density at radius 3 is 2.76 bits per heavy atom. The minimum absolute atomic E-state index is 0.541. The van der Waals surface area contributed by atoms with Crippen molar-refractivity contribution in [3.63, 3.8) is 0 Å². The number of ether oxygens (including phenoxy) is 2. The summed E-state index contributed by atoms with van der Waals surface area (Å²) >= 11 is 0. The quantitative estimate of drug-likeness (QED) is 0.905. The number of rotatable bonds is 5. The Kier molecular flexibility index (Phi) is 5.74. The Bertz CT molecular complexity index is 448. The van der Waals surface area contributed by atoms with Crippen LogP contribution in [0.5, 0.6) is 11.5 Å². The second-order valence-corrected chi connectivity index (χ2v) is 6.12. The maximum absolute atomic E-state index is 5.56. The summed E-state index contributed by atoms with van der Waals surface area (Å²) in [5, 5.41) is 3.67. The Labute approximate surface area is 128 Å². The first-order valence-electron chi connectivity index (χ1n) is 7.84. The lowest BCUT2D eigenvalue weighted by molar-refractivity contribution is 0.393. The van der Waals surface area contributed by atoms with Gasteiger partial charge in [0.1, 0.15) is 11.5 Å². The van der Waals surface area contributed by atoms with E-state index in [-0.39, 0.29) is 0 Å². The molecule has 4 heteroatoms. The molecule has 1 aromatic rings. The van der Waals surface area contributed by atoms with Gasteiger partial charge in [-0.25, -0.2) is 0 Å². The molecule has 1 atom stereocenters. The number of hydrogen-bond donors (Lipinski definition) is 1. The molecule has 1 aromatic carbocycles. The molecule has 1 heterocycles. The highest BCUT2D eigenvalue weighted by Gasteiger charge is 2.21. The van der Waals surface area contributed by atoms with Crippen molar-refractivity contribution in [1.29, 1.82) is 0 Å². The molecule has 1 aliphatic heterocycles. The smallest absolute Gasteiger partial charge is 0.145 e. The molecule has 1 N–H and O–H groups in total. The molecule has 0 aromatic heterocycles. The number of hydrogen-bond acceptors (Lipinski definition) is 4. The molecular weight excluding hydrogens is 264 g/mol. The zero-order valence-corrected chi connectivity index (χ0v) is 13.7. The van der Waals surface area contributed by atoms with Crippen LogP contribution in [0, 0.1) is 5.92 Å². The first-order chi connectivity index (χ1) is 10.1. The maximum Gasteiger partial charge on any atom is 0.145 e. The first kappa shape index (κ1) is 16.0. The summed E-state index contributed by atoms with van der Waals surface area (Å²) in [5.41, 5.74) is 1.16. The number of benzene rings is 1. The van der Waals surface area contributed by atoms with Gasteiger partial charge >= 0.3 is 0 Å². The third kappa shape index (κ3) is 4.27. The third-order valence-corrected chi connectivity index (χ3v) is 3.96. The monoisotopic (exact) mass is 292 g/mol. The normalized spacial score (nSPS) is 19.5. The largest absolute Gasteiger partial charge is 0.497 e. The number of methoxy groups -OCH3 is 2. The van der Waals surface area contributed by atoms with E-state index in [0.29, 0.717) is 12.0 Å². The van der Waals surface area contributed by atoms with Crippen LogP contribution in [0.4, 0.5) is 5.69 Å². The van der Waals surface area contributed by atoms with Crippen LogP contribution in [0.3, 0.4) is 0 Å². The molecule has 0 radical (unpaired) electrons. The van der Waals surface area contributed by atoms with E-state index >= 15 is 0 Å². The molecule has 1 aliphatic rings. The van der Waals surface area contributed by atoms with Crippen molar-refractivity contribution in [1.82, 2.24) is 5.32 Å². The Morgan fingerprint density at radius 2 is 2.10 bits per heavy atom. The molecule has 2 rings (SSSR count). The highest BCUT2D eigenvalue weighted by atomic mass is 16.5. The van der Waals surface area contributed by atoms with Gasteiger partial charge in [0.2, 0.25) is 0 Å². The van der Waals surface area contributed by atoms with Crippen molar-refractivity contribution < 1.29 is 9.47 Å². The van der Waals surface area contributed by atoms with E-state index in [9.17, 15) is 0 Å². The van der Waals surface area contributed by atoms with Gasteiger partial charge in [0.05, 0.1) is 19.9 Å². The summed E-state index contributed by atoms with van der Waals surface area (Å²) in [6, 6.07) is 6.62. The van der Waals surface area contributed by atoms with Crippen LogP contribution >= 0.6 is 0 Å². The van der Waals surface area contributed by atoms with E-state index < -0.39 is 0 Å². The lowest BCUT2D eigenvalue weighted by atomic mass is 10.0. The number of anilines is 1. The third-order valence-electron chi connectivity index (χ3n) is 3.96. The molecule has 0 spiro atoms. The molecule has 1 fully saturated rings. The summed E-state index contributed by atoms with van der Waals surface area (Å²) in [6.07, 6.45) is 2.36. The molecule has 1 unspecified atom stereocenters. The van der Waals surface area contributed by atoms with Crippen molar-refractivity contribution in [2.45, 2.75) is 32.7 Å². The number of nitrogens with one attached hydrogen (secondary N) is 1. The zero-order valence-electron chi connectivity index (χ0n) is 13.7. The Hall–Kier alpha value is -1.42. The molecule has 118 valence electrons. The van der Waals surface area contributed by atoms with Crippen LogP contribution in [-0.4, -0.2) is 39.9 Å². The van der Waals surface area contributed by atoms with Crippen LogP contribution < -0.4 is 19.7 Å². The van der Waals surface area contributed by atoms with E-state index in [1.54, 1.807) is 14.2 Å². The fraction of sp³-hybridized carbons (Fsp3) is 0.647. The van der Waals surface area contributed by atoms with E-state index in [1.165, 1.54) is 6.42 Å². The minimum atomic E-state index is 0.541. The molecular formula is C17H28N2O2. The highest BCUT2D eigenvalue weighted by molar-refractivity contribution is 5.61. The molecule has 0 amide bonds. The van der Waals surface area contributed by atoms with Crippen molar-refractivity contribution >= 4 is 5.69 Å². The second kappa shape index (κ2) is 7.55. The Morgan fingerprint density at radius 1 is 1.29 bits per heavy atom. The summed E-state index contributed by atoms with van der Waals surface area (Å²) in [4.78, 5) is 2.44. The van der Waals surface area contributed by atoms with E-state index in [4.69, 9.17) is 9.47 Å². The van der Waals surface area contributed by atoms with Crippen LogP contribution in [0.15, 0.2) is 18.2 Å². The molecule has 0 aliphatic carbocycles. The molecule has 0 bridgehead atoms. The van der Waals surface area contributed by atoms with Crippen molar-refractivity contribution in [3.05, 3.63) is 18.2 Å². The summed E-state index contributed by atoms with van der Waals surface area (Å²) < 4.78 is 10.8. The van der Waals surface area contributed by atoms with Gasteiger partial charge < -0.3 is 19.7 Å².